The number of rotatable bonds is 3. The topological polar surface area (TPSA) is 17.1 Å². The molecule has 0 N–H and O–H groups in total. The quantitative estimate of drug-likeness (QED) is 0.486. The first-order valence-electron chi connectivity index (χ1n) is 3.49. The number of aldehydes is 1. The highest BCUT2D eigenvalue weighted by molar-refractivity contribution is 8.01. The van der Waals surface area contributed by atoms with E-state index in [1.807, 2.05) is 0 Å². The Morgan fingerprint density at radius 1 is 1.70 bits per heavy atom. The zero-order valence-corrected chi connectivity index (χ0v) is 7.38. The van der Waals surface area contributed by atoms with Gasteiger partial charge in [0.2, 0.25) is 0 Å². The number of thioether (sulfide) groups is 1. The minimum Gasteiger partial charge on any atom is -0.302 e. The van der Waals surface area contributed by atoms with Gasteiger partial charge in [-0.2, -0.15) is 0 Å². The Hall–Kier alpha value is 0.310. The Labute approximate surface area is 70.5 Å². The molecule has 0 aliphatic carbocycles. The van der Waals surface area contributed by atoms with E-state index in [-0.39, 0.29) is 4.75 Å². The number of hydrogen-bond donors (Lipinski definition) is 0. The molecule has 0 saturated carbocycles. The largest absolute Gasteiger partial charge is 0.302 e. The molecule has 1 aliphatic heterocycles. The van der Waals surface area contributed by atoms with Crippen LogP contribution in [0.25, 0.3) is 0 Å². The van der Waals surface area contributed by atoms with E-state index in [4.69, 9.17) is 11.6 Å². The van der Waals surface area contributed by atoms with Crippen LogP contribution in [-0.2, 0) is 4.79 Å². The van der Waals surface area contributed by atoms with Crippen LogP contribution in [0.4, 0.5) is 0 Å². The molecule has 0 aromatic heterocycles. The molecule has 1 atom stereocenters. The van der Waals surface area contributed by atoms with Gasteiger partial charge in [-0.1, -0.05) is 0 Å². The summed E-state index contributed by atoms with van der Waals surface area (Å²) < 4.78 is -0.109. The van der Waals surface area contributed by atoms with Gasteiger partial charge in [-0.15, -0.1) is 23.4 Å². The smallest absolute Gasteiger partial charge is 0.136 e. The molecule has 3 heteroatoms. The van der Waals surface area contributed by atoms with Crippen LogP contribution < -0.4 is 0 Å². The summed E-state index contributed by atoms with van der Waals surface area (Å²) in [4.78, 5) is 10.6. The van der Waals surface area contributed by atoms with Gasteiger partial charge in [-0.25, -0.2) is 0 Å². The second kappa shape index (κ2) is 3.63. The lowest BCUT2D eigenvalue weighted by atomic mass is 10.0. The average molecular weight is 179 g/mol. The fourth-order valence-electron chi connectivity index (χ4n) is 1.23. The highest BCUT2D eigenvalue weighted by atomic mass is 35.5. The highest BCUT2D eigenvalue weighted by Crippen LogP contribution is 2.39. The summed E-state index contributed by atoms with van der Waals surface area (Å²) in [5, 5.41) is 0. The fourth-order valence-corrected chi connectivity index (χ4v) is 2.98. The molecule has 0 aromatic carbocycles. The van der Waals surface area contributed by atoms with Crippen LogP contribution in [-0.4, -0.2) is 22.7 Å². The molecule has 1 rings (SSSR count). The number of carbonyl (C=O) groups excluding carboxylic acids is 1. The van der Waals surface area contributed by atoms with Crippen molar-refractivity contribution in [2.24, 2.45) is 0 Å². The van der Waals surface area contributed by atoms with Gasteiger partial charge in [0.25, 0.3) is 0 Å². The molecule has 1 fully saturated rings. The molecule has 1 aliphatic rings. The number of alkyl halides is 1. The first-order valence-corrected chi connectivity index (χ1v) is 5.01. The molecule has 1 heterocycles. The molecule has 0 bridgehead atoms. The van der Waals surface area contributed by atoms with Crippen LogP contribution >= 0.6 is 23.4 Å². The van der Waals surface area contributed by atoms with Gasteiger partial charge in [-0.05, 0) is 25.0 Å². The molecular weight excluding hydrogens is 168 g/mol. The zero-order chi connectivity index (χ0) is 7.45. The van der Waals surface area contributed by atoms with Crippen molar-refractivity contribution in [2.75, 3.05) is 11.6 Å². The van der Waals surface area contributed by atoms with Crippen molar-refractivity contribution in [1.29, 1.82) is 0 Å². The van der Waals surface area contributed by atoms with Crippen molar-refractivity contribution in [3.63, 3.8) is 0 Å². The maximum absolute atomic E-state index is 10.6. The Morgan fingerprint density at radius 3 is 2.90 bits per heavy atom. The summed E-state index contributed by atoms with van der Waals surface area (Å²) in [5.74, 6) is 1.72. The Bertz CT molecular complexity index is 121. The molecule has 1 unspecified atom stereocenters. The fraction of sp³-hybridized carbons (Fsp3) is 0.857. The van der Waals surface area contributed by atoms with Crippen molar-refractivity contribution in [3.8, 4) is 0 Å². The third kappa shape index (κ3) is 1.67. The highest BCUT2D eigenvalue weighted by Gasteiger charge is 2.33. The van der Waals surface area contributed by atoms with Crippen LogP contribution in [0.3, 0.4) is 0 Å². The number of hydrogen-bond acceptors (Lipinski definition) is 2. The van der Waals surface area contributed by atoms with Crippen LogP contribution in [0.15, 0.2) is 0 Å². The second-order valence-electron chi connectivity index (χ2n) is 2.57. The summed E-state index contributed by atoms with van der Waals surface area (Å²) in [6.07, 6.45) is 4.10. The van der Waals surface area contributed by atoms with Gasteiger partial charge in [0.1, 0.15) is 6.29 Å². The van der Waals surface area contributed by atoms with Gasteiger partial charge in [0.05, 0.1) is 4.75 Å². The third-order valence-electron chi connectivity index (χ3n) is 1.87. The molecular formula is C7H11ClOS. The molecule has 0 spiro atoms. The molecule has 0 aromatic rings. The van der Waals surface area contributed by atoms with Crippen molar-refractivity contribution in [1.82, 2.24) is 0 Å². The number of carbonyl (C=O) groups is 1. The van der Waals surface area contributed by atoms with Crippen molar-refractivity contribution in [2.45, 2.75) is 24.0 Å². The monoisotopic (exact) mass is 178 g/mol. The summed E-state index contributed by atoms with van der Waals surface area (Å²) in [6, 6.07) is 0. The standard InChI is InChI=1S/C7H11ClOS/c8-4-3-7(6-9)2-1-5-10-7/h6H,1-5H2. The van der Waals surface area contributed by atoms with Crippen molar-refractivity contribution < 1.29 is 4.79 Å². The minimum atomic E-state index is -0.109. The maximum atomic E-state index is 10.6. The van der Waals surface area contributed by atoms with E-state index in [9.17, 15) is 4.79 Å². The van der Waals surface area contributed by atoms with Gasteiger partial charge in [-0.3, -0.25) is 0 Å². The second-order valence-corrected chi connectivity index (χ2v) is 4.46. The van der Waals surface area contributed by atoms with E-state index in [1.165, 1.54) is 6.42 Å². The zero-order valence-electron chi connectivity index (χ0n) is 5.81. The molecule has 0 amide bonds. The lowest BCUT2D eigenvalue weighted by molar-refractivity contribution is -0.109. The summed E-state index contributed by atoms with van der Waals surface area (Å²) in [7, 11) is 0. The van der Waals surface area contributed by atoms with Crippen LogP contribution in [0.1, 0.15) is 19.3 Å². The van der Waals surface area contributed by atoms with Crippen LogP contribution in [0.2, 0.25) is 0 Å². The van der Waals surface area contributed by atoms with Gasteiger partial charge in [0.15, 0.2) is 0 Å². The molecule has 1 nitrogen and oxygen atoms in total. The Balaban J connectivity index is 2.49. The van der Waals surface area contributed by atoms with Crippen molar-refractivity contribution >= 4 is 29.6 Å². The van der Waals surface area contributed by atoms with E-state index in [0.29, 0.717) is 5.88 Å². The van der Waals surface area contributed by atoms with Crippen LogP contribution in [0.5, 0.6) is 0 Å². The molecule has 1 saturated heterocycles. The molecule has 58 valence electrons. The van der Waals surface area contributed by atoms with E-state index in [0.717, 1.165) is 24.9 Å². The average Bonchev–Trinajstić information content (AvgIpc) is 2.39. The maximum Gasteiger partial charge on any atom is 0.136 e. The van der Waals surface area contributed by atoms with Gasteiger partial charge >= 0.3 is 0 Å². The van der Waals surface area contributed by atoms with Crippen LogP contribution in [0, 0.1) is 0 Å². The first kappa shape index (κ1) is 8.41. The number of halogens is 1. The Morgan fingerprint density at radius 2 is 2.50 bits per heavy atom. The van der Waals surface area contributed by atoms with E-state index >= 15 is 0 Å². The molecule has 10 heavy (non-hydrogen) atoms. The van der Waals surface area contributed by atoms with E-state index < -0.39 is 0 Å². The first-order chi connectivity index (χ1) is 4.83. The van der Waals surface area contributed by atoms with Gasteiger partial charge in [0, 0.05) is 5.88 Å². The lowest BCUT2D eigenvalue weighted by Gasteiger charge is -2.18. The summed E-state index contributed by atoms with van der Waals surface area (Å²) >= 11 is 7.34. The lowest BCUT2D eigenvalue weighted by Crippen LogP contribution is -2.23. The third-order valence-corrected chi connectivity index (χ3v) is 3.63. The van der Waals surface area contributed by atoms with E-state index in [2.05, 4.69) is 0 Å². The SMILES string of the molecule is O=CC1(CCCl)CCCS1. The van der Waals surface area contributed by atoms with E-state index in [1.54, 1.807) is 11.8 Å². The predicted octanol–water partition coefficient (Wildman–Crippen LogP) is 2.08. The normalized spacial score (nSPS) is 32.5. The molecule has 0 radical (unpaired) electrons. The summed E-state index contributed by atoms with van der Waals surface area (Å²) in [5.41, 5.74) is 0. The minimum absolute atomic E-state index is 0.109. The van der Waals surface area contributed by atoms with Gasteiger partial charge < -0.3 is 4.79 Å². The van der Waals surface area contributed by atoms with Crippen molar-refractivity contribution in [3.05, 3.63) is 0 Å². The Kier molecular flexibility index (Phi) is 3.05. The predicted molar refractivity (Wildman–Crippen MR) is 45.8 cm³/mol. The summed E-state index contributed by atoms with van der Waals surface area (Å²) in [6.45, 7) is 0.